The van der Waals surface area contributed by atoms with Gasteiger partial charge in [-0.15, -0.1) is 0 Å². The standard InChI is InChI=1S/C14H13Cl2FN2/c1-2-3-8-11-18-13(15)12(14(16)19-11)9-6-4-5-7-10(9)17/h4-7H,2-3,8H2,1H3. The Bertz CT molecular complexity index is 564. The summed E-state index contributed by atoms with van der Waals surface area (Å²) in [5, 5.41) is 0.382. The molecular weight excluding hydrogens is 286 g/mol. The summed E-state index contributed by atoms with van der Waals surface area (Å²) in [6, 6.07) is 6.29. The Kier molecular flexibility index (Phi) is 4.72. The van der Waals surface area contributed by atoms with E-state index < -0.39 is 5.82 Å². The third-order valence-corrected chi connectivity index (χ3v) is 3.31. The quantitative estimate of drug-likeness (QED) is 0.748. The number of nitrogens with zero attached hydrogens (tertiary/aromatic N) is 2. The van der Waals surface area contributed by atoms with Gasteiger partial charge in [0.2, 0.25) is 0 Å². The first-order chi connectivity index (χ1) is 9.13. The van der Waals surface area contributed by atoms with Gasteiger partial charge >= 0.3 is 0 Å². The molecule has 5 heteroatoms. The van der Waals surface area contributed by atoms with E-state index in [4.69, 9.17) is 23.2 Å². The van der Waals surface area contributed by atoms with Crippen LogP contribution in [0.2, 0.25) is 10.3 Å². The van der Waals surface area contributed by atoms with E-state index in [2.05, 4.69) is 16.9 Å². The van der Waals surface area contributed by atoms with E-state index in [1.165, 1.54) is 6.07 Å². The van der Waals surface area contributed by atoms with Crippen molar-refractivity contribution in [2.75, 3.05) is 0 Å². The Morgan fingerprint density at radius 1 is 1.11 bits per heavy atom. The van der Waals surface area contributed by atoms with Crippen molar-refractivity contribution in [1.29, 1.82) is 0 Å². The van der Waals surface area contributed by atoms with Crippen molar-refractivity contribution in [1.82, 2.24) is 9.97 Å². The first-order valence-corrected chi connectivity index (χ1v) is 6.86. The van der Waals surface area contributed by atoms with Gasteiger partial charge in [-0.2, -0.15) is 0 Å². The second-order valence-corrected chi connectivity index (χ2v) is 4.90. The molecule has 0 spiro atoms. The molecule has 1 aromatic carbocycles. The molecule has 1 heterocycles. The molecule has 0 aliphatic heterocycles. The van der Waals surface area contributed by atoms with Crippen LogP contribution in [-0.2, 0) is 6.42 Å². The molecule has 0 aliphatic carbocycles. The van der Waals surface area contributed by atoms with Crippen LogP contribution in [0.5, 0.6) is 0 Å². The molecule has 0 atom stereocenters. The number of hydrogen-bond donors (Lipinski definition) is 0. The van der Waals surface area contributed by atoms with Crippen molar-refractivity contribution in [2.24, 2.45) is 0 Å². The molecule has 0 saturated heterocycles. The van der Waals surface area contributed by atoms with Gasteiger partial charge in [-0.3, -0.25) is 0 Å². The zero-order valence-electron chi connectivity index (χ0n) is 10.5. The lowest BCUT2D eigenvalue weighted by atomic mass is 10.1. The monoisotopic (exact) mass is 298 g/mol. The Hall–Kier alpha value is -1.19. The van der Waals surface area contributed by atoms with Crippen molar-refractivity contribution >= 4 is 23.2 Å². The zero-order chi connectivity index (χ0) is 13.8. The molecule has 2 aromatic rings. The molecule has 0 unspecified atom stereocenters. The highest BCUT2D eigenvalue weighted by molar-refractivity contribution is 6.37. The Morgan fingerprint density at radius 2 is 1.74 bits per heavy atom. The molecule has 100 valence electrons. The summed E-state index contributed by atoms with van der Waals surface area (Å²) in [6.07, 6.45) is 2.72. The molecule has 1 aromatic heterocycles. The van der Waals surface area contributed by atoms with E-state index in [9.17, 15) is 4.39 Å². The van der Waals surface area contributed by atoms with Gasteiger partial charge in [0, 0.05) is 12.0 Å². The summed E-state index contributed by atoms with van der Waals surface area (Å²) in [4.78, 5) is 8.38. The van der Waals surface area contributed by atoms with Crippen LogP contribution in [0, 0.1) is 5.82 Å². The number of unbranched alkanes of at least 4 members (excludes halogenated alkanes) is 1. The van der Waals surface area contributed by atoms with Gasteiger partial charge < -0.3 is 0 Å². The van der Waals surface area contributed by atoms with E-state index in [1.807, 2.05) is 0 Å². The second-order valence-electron chi connectivity index (χ2n) is 4.18. The maximum Gasteiger partial charge on any atom is 0.142 e. The molecule has 0 bridgehead atoms. The number of halogens is 3. The molecule has 2 rings (SSSR count). The van der Waals surface area contributed by atoms with Crippen molar-refractivity contribution in [2.45, 2.75) is 26.2 Å². The van der Waals surface area contributed by atoms with Gasteiger partial charge in [0.05, 0.1) is 5.56 Å². The predicted molar refractivity (Wildman–Crippen MR) is 76.1 cm³/mol. The summed E-state index contributed by atoms with van der Waals surface area (Å²) < 4.78 is 13.8. The number of aryl methyl sites for hydroxylation is 1. The lowest BCUT2D eigenvalue weighted by Gasteiger charge is -2.09. The fourth-order valence-electron chi connectivity index (χ4n) is 1.78. The minimum absolute atomic E-state index is 0.191. The number of aromatic nitrogens is 2. The third kappa shape index (κ3) is 3.23. The smallest absolute Gasteiger partial charge is 0.142 e. The predicted octanol–water partition coefficient (Wildman–Crippen LogP) is 4.93. The minimum Gasteiger partial charge on any atom is -0.220 e. The van der Waals surface area contributed by atoms with Gasteiger partial charge in [0.15, 0.2) is 0 Å². The second kappa shape index (κ2) is 6.31. The van der Waals surface area contributed by atoms with Crippen molar-refractivity contribution in [3.05, 3.63) is 46.2 Å². The summed E-state index contributed by atoms with van der Waals surface area (Å²) in [5.41, 5.74) is 0.668. The van der Waals surface area contributed by atoms with Crippen molar-refractivity contribution in [3.8, 4) is 11.1 Å². The molecule has 0 saturated carbocycles. The summed E-state index contributed by atoms with van der Waals surface area (Å²) in [7, 11) is 0. The SMILES string of the molecule is CCCCc1nc(Cl)c(-c2ccccc2F)c(Cl)n1. The molecular formula is C14H13Cl2FN2. The molecule has 0 aliphatic rings. The highest BCUT2D eigenvalue weighted by Crippen LogP contribution is 2.33. The Labute approximate surface area is 121 Å². The topological polar surface area (TPSA) is 25.8 Å². The van der Waals surface area contributed by atoms with Crippen LogP contribution in [-0.4, -0.2) is 9.97 Å². The summed E-state index contributed by atoms with van der Waals surface area (Å²) in [6.45, 7) is 2.08. The normalized spacial score (nSPS) is 10.7. The first kappa shape index (κ1) is 14.2. The number of hydrogen-bond acceptors (Lipinski definition) is 2. The number of benzene rings is 1. The zero-order valence-corrected chi connectivity index (χ0v) is 12.0. The van der Waals surface area contributed by atoms with Crippen LogP contribution < -0.4 is 0 Å². The summed E-state index contributed by atoms with van der Waals surface area (Å²) >= 11 is 12.2. The first-order valence-electron chi connectivity index (χ1n) is 6.10. The maximum absolute atomic E-state index is 13.8. The lowest BCUT2D eigenvalue weighted by Crippen LogP contribution is -1.99. The van der Waals surface area contributed by atoms with Gasteiger partial charge in [-0.1, -0.05) is 54.7 Å². The van der Waals surface area contributed by atoms with Crippen molar-refractivity contribution < 1.29 is 4.39 Å². The summed E-state index contributed by atoms with van der Waals surface area (Å²) in [5.74, 6) is 0.202. The molecule has 0 radical (unpaired) electrons. The minimum atomic E-state index is -0.392. The molecule has 0 amide bonds. The average molecular weight is 299 g/mol. The highest BCUT2D eigenvalue weighted by Gasteiger charge is 2.16. The third-order valence-electron chi connectivity index (χ3n) is 2.76. The van der Waals surface area contributed by atoms with Gasteiger partial charge in [0.25, 0.3) is 0 Å². The van der Waals surface area contributed by atoms with Crippen LogP contribution in [0.3, 0.4) is 0 Å². The molecule has 0 fully saturated rings. The fraction of sp³-hybridized carbons (Fsp3) is 0.286. The van der Waals surface area contributed by atoms with Crippen LogP contribution in [0.4, 0.5) is 4.39 Å². The van der Waals surface area contributed by atoms with Gasteiger partial charge in [-0.25, -0.2) is 14.4 Å². The Balaban J connectivity index is 2.45. The number of rotatable bonds is 4. The van der Waals surface area contributed by atoms with E-state index in [-0.39, 0.29) is 10.3 Å². The van der Waals surface area contributed by atoms with Crippen LogP contribution in [0.25, 0.3) is 11.1 Å². The molecule has 0 N–H and O–H groups in total. The van der Waals surface area contributed by atoms with E-state index in [1.54, 1.807) is 18.2 Å². The largest absolute Gasteiger partial charge is 0.220 e. The van der Waals surface area contributed by atoms with Crippen LogP contribution >= 0.6 is 23.2 Å². The fourth-order valence-corrected chi connectivity index (χ4v) is 2.41. The maximum atomic E-state index is 13.8. The van der Waals surface area contributed by atoms with Gasteiger partial charge in [0.1, 0.15) is 21.9 Å². The van der Waals surface area contributed by atoms with Crippen molar-refractivity contribution in [3.63, 3.8) is 0 Å². The lowest BCUT2D eigenvalue weighted by molar-refractivity contribution is 0.631. The van der Waals surface area contributed by atoms with Crippen LogP contribution in [0.1, 0.15) is 25.6 Å². The van der Waals surface area contributed by atoms with E-state index >= 15 is 0 Å². The molecule has 19 heavy (non-hydrogen) atoms. The van der Waals surface area contributed by atoms with Gasteiger partial charge in [-0.05, 0) is 12.5 Å². The van der Waals surface area contributed by atoms with Crippen LogP contribution in [0.15, 0.2) is 24.3 Å². The highest BCUT2D eigenvalue weighted by atomic mass is 35.5. The molecule has 2 nitrogen and oxygen atoms in total. The average Bonchev–Trinajstić information content (AvgIpc) is 2.38. The van der Waals surface area contributed by atoms with E-state index in [0.29, 0.717) is 23.4 Å². The Morgan fingerprint density at radius 3 is 2.32 bits per heavy atom. The van der Waals surface area contributed by atoms with E-state index in [0.717, 1.165) is 12.8 Å².